The second-order valence-corrected chi connectivity index (χ2v) is 3.36. The molecular weight excluding hydrogens is 223 g/mol. The van der Waals surface area contributed by atoms with Gasteiger partial charge in [0, 0.05) is 5.56 Å². The smallest absolute Gasteiger partial charge is 0.188 e. The number of benzene rings is 1. The Kier molecular flexibility index (Phi) is 5.36. The van der Waals surface area contributed by atoms with Crippen LogP contribution >= 0.6 is 0 Å². The molecule has 0 N–H and O–H groups in total. The van der Waals surface area contributed by atoms with Gasteiger partial charge in [0.1, 0.15) is 6.61 Å². The summed E-state index contributed by atoms with van der Waals surface area (Å²) in [5.74, 6) is -0.681. The molecule has 1 rings (SSSR count). The summed E-state index contributed by atoms with van der Waals surface area (Å²) in [6.07, 6.45) is 3.62. The molecule has 3 nitrogen and oxygen atoms in total. The Morgan fingerprint density at radius 2 is 2.24 bits per heavy atom. The van der Waals surface area contributed by atoms with Crippen molar-refractivity contribution in [3.8, 4) is 5.75 Å². The molecular formula is C13H15FO3. The first-order valence-electron chi connectivity index (χ1n) is 5.24. The van der Waals surface area contributed by atoms with Crippen LogP contribution in [0.4, 0.5) is 4.39 Å². The number of hydrogen-bond donors (Lipinski definition) is 0. The number of rotatable bonds is 6. The topological polar surface area (TPSA) is 35.5 Å². The molecule has 1 aromatic rings. The summed E-state index contributed by atoms with van der Waals surface area (Å²) in [5.41, 5.74) is 0.281. The summed E-state index contributed by atoms with van der Waals surface area (Å²) in [7, 11) is 1.38. The highest BCUT2D eigenvalue weighted by atomic mass is 19.1. The lowest BCUT2D eigenvalue weighted by atomic mass is 10.1. The molecule has 92 valence electrons. The highest BCUT2D eigenvalue weighted by Crippen LogP contribution is 2.17. The molecule has 0 spiro atoms. The second kappa shape index (κ2) is 6.81. The number of halogens is 1. The lowest BCUT2D eigenvalue weighted by Crippen LogP contribution is -2.09. The fourth-order valence-electron chi connectivity index (χ4n) is 1.24. The van der Waals surface area contributed by atoms with Crippen molar-refractivity contribution in [2.75, 3.05) is 20.3 Å². The molecule has 17 heavy (non-hydrogen) atoms. The maximum atomic E-state index is 13.3. The number of ether oxygens (including phenoxy) is 2. The number of carbonyl (C=O) groups excluding carboxylic acids is 1. The molecule has 0 radical (unpaired) electrons. The quantitative estimate of drug-likeness (QED) is 0.434. The Hall–Kier alpha value is -1.68. The Morgan fingerprint density at radius 1 is 1.47 bits per heavy atom. The zero-order chi connectivity index (χ0) is 12.7. The van der Waals surface area contributed by atoms with Crippen LogP contribution in [0.15, 0.2) is 30.4 Å². The van der Waals surface area contributed by atoms with Gasteiger partial charge in [-0.2, -0.15) is 0 Å². The van der Waals surface area contributed by atoms with Crippen molar-refractivity contribution in [2.45, 2.75) is 6.92 Å². The molecule has 0 aliphatic heterocycles. The van der Waals surface area contributed by atoms with E-state index >= 15 is 0 Å². The van der Waals surface area contributed by atoms with Crippen LogP contribution in [0.5, 0.6) is 5.75 Å². The summed E-state index contributed by atoms with van der Waals surface area (Å²) < 4.78 is 23.2. The van der Waals surface area contributed by atoms with Gasteiger partial charge in [0.05, 0.1) is 13.7 Å². The minimum Gasteiger partial charge on any atom is -0.494 e. The van der Waals surface area contributed by atoms with E-state index in [-0.39, 0.29) is 23.7 Å². The number of methoxy groups -OCH3 is 1. The summed E-state index contributed by atoms with van der Waals surface area (Å²) >= 11 is 0. The van der Waals surface area contributed by atoms with Crippen LogP contribution in [-0.2, 0) is 4.74 Å². The molecule has 0 aromatic heterocycles. The number of Topliss-reactive ketones (excluding diaryl/α,β-unsaturated/α-hetero) is 1. The average Bonchev–Trinajstić information content (AvgIpc) is 2.34. The van der Waals surface area contributed by atoms with Crippen molar-refractivity contribution < 1.29 is 18.7 Å². The average molecular weight is 238 g/mol. The van der Waals surface area contributed by atoms with E-state index in [1.54, 1.807) is 6.08 Å². The van der Waals surface area contributed by atoms with Crippen LogP contribution in [0.2, 0.25) is 0 Å². The third-order valence-corrected chi connectivity index (χ3v) is 2.16. The predicted octanol–water partition coefficient (Wildman–Crippen LogP) is 2.61. The Balaban J connectivity index is 2.60. The summed E-state index contributed by atoms with van der Waals surface area (Å²) in [6, 6.07) is 4.10. The largest absolute Gasteiger partial charge is 0.494 e. The molecule has 0 atom stereocenters. The lowest BCUT2D eigenvalue weighted by molar-refractivity contribution is 0.0805. The third-order valence-electron chi connectivity index (χ3n) is 2.16. The van der Waals surface area contributed by atoms with Crippen molar-refractivity contribution in [3.05, 3.63) is 41.7 Å². The first kappa shape index (κ1) is 13.4. The van der Waals surface area contributed by atoms with Crippen molar-refractivity contribution in [1.82, 2.24) is 0 Å². The molecule has 0 bridgehead atoms. The van der Waals surface area contributed by atoms with Crippen LogP contribution in [0.25, 0.3) is 0 Å². The molecule has 0 heterocycles. The van der Waals surface area contributed by atoms with Crippen molar-refractivity contribution in [1.29, 1.82) is 0 Å². The van der Waals surface area contributed by atoms with E-state index in [4.69, 9.17) is 9.47 Å². The third kappa shape index (κ3) is 4.00. The number of carbonyl (C=O) groups is 1. The van der Waals surface area contributed by atoms with E-state index in [0.29, 0.717) is 6.61 Å². The van der Waals surface area contributed by atoms with Gasteiger partial charge in [0.25, 0.3) is 0 Å². The second-order valence-electron chi connectivity index (χ2n) is 3.36. The molecule has 0 amide bonds. The van der Waals surface area contributed by atoms with Crippen LogP contribution < -0.4 is 4.74 Å². The van der Waals surface area contributed by atoms with Gasteiger partial charge in [0.15, 0.2) is 17.3 Å². The standard InChI is InChI=1S/C13H15FO3/c1-3-4-7-17-9-12(15)10-5-6-13(16-2)11(14)8-10/h3-6,8H,7,9H2,1-2H3. The van der Waals surface area contributed by atoms with E-state index in [9.17, 15) is 9.18 Å². The maximum absolute atomic E-state index is 13.3. The molecule has 0 aliphatic rings. The predicted molar refractivity (Wildman–Crippen MR) is 62.9 cm³/mol. The molecule has 0 unspecified atom stereocenters. The van der Waals surface area contributed by atoms with Gasteiger partial charge in [-0.15, -0.1) is 0 Å². The first-order valence-corrected chi connectivity index (χ1v) is 5.24. The van der Waals surface area contributed by atoms with Gasteiger partial charge in [-0.25, -0.2) is 4.39 Å². The van der Waals surface area contributed by atoms with E-state index < -0.39 is 5.82 Å². The van der Waals surface area contributed by atoms with Crippen molar-refractivity contribution >= 4 is 5.78 Å². The summed E-state index contributed by atoms with van der Waals surface area (Å²) in [5, 5.41) is 0. The van der Waals surface area contributed by atoms with Crippen molar-refractivity contribution in [3.63, 3.8) is 0 Å². The molecule has 0 saturated heterocycles. The number of hydrogen-bond acceptors (Lipinski definition) is 3. The molecule has 4 heteroatoms. The highest BCUT2D eigenvalue weighted by Gasteiger charge is 2.09. The van der Waals surface area contributed by atoms with Gasteiger partial charge in [-0.05, 0) is 25.1 Å². The van der Waals surface area contributed by atoms with Crippen LogP contribution in [0.1, 0.15) is 17.3 Å². The summed E-state index contributed by atoms with van der Waals surface area (Å²) in [6.45, 7) is 2.18. The van der Waals surface area contributed by atoms with E-state index in [1.807, 2.05) is 13.0 Å². The van der Waals surface area contributed by atoms with Crippen LogP contribution in [0.3, 0.4) is 0 Å². The summed E-state index contributed by atoms with van der Waals surface area (Å²) in [4.78, 5) is 11.6. The number of allylic oxidation sites excluding steroid dienone is 1. The molecule has 0 aliphatic carbocycles. The molecule has 0 saturated carbocycles. The maximum Gasteiger partial charge on any atom is 0.188 e. The van der Waals surface area contributed by atoms with E-state index in [0.717, 1.165) is 6.07 Å². The fraction of sp³-hybridized carbons (Fsp3) is 0.308. The lowest BCUT2D eigenvalue weighted by Gasteiger charge is -2.04. The van der Waals surface area contributed by atoms with Gasteiger partial charge in [-0.1, -0.05) is 12.2 Å². The van der Waals surface area contributed by atoms with E-state index in [1.165, 1.54) is 19.2 Å². The zero-order valence-electron chi connectivity index (χ0n) is 9.90. The molecule has 1 aromatic carbocycles. The Morgan fingerprint density at radius 3 is 2.82 bits per heavy atom. The minimum atomic E-state index is -0.549. The van der Waals surface area contributed by atoms with Crippen LogP contribution in [-0.4, -0.2) is 26.1 Å². The van der Waals surface area contributed by atoms with Crippen molar-refractivity contribution in [2.24, 2.45) is 0 Å². The first-order chi connectivity index (χ1) is 8.19. The minimum absolute atomic E-state index is 0.0594. The van der Waals surface area contributed by atoms with Crippen LogP contribution in [0, 0.1) is 5.82 Å². The SMILES string of the molecule is CC=CCOCC(=O)c1ccc(OC)c(F)c1. The Bertz CT molecular complexity index is 413. The van der Waals surface area contributed by atoms with Gasteiger partial charge < -0.3 is 9.47 Å². The molecule has 0 fully saturated rings. The normalized spacial score (nSPS) is 10.8. The zero-order valence-corrected chi connectivity index (χ0v) is 9.90. The monoisotopic (exact) mass is 238 g/mol. The number of ketones is 1. The van der Waals surface area contributed by atoms with Gasteiger partial charge >= 0.3 is 0 Å². The Labute approximate surface area is 99.9 Å². The fourth-order valence-corrected chi connectivity index (χ4v) is 1.24. The van der Waals surface area contributed by atoms with E-state index in [2.05, 4.69) is 0 Å². The highest BCUT2D eigenvalue weighted by molar-refractivity contribution is 5.97. The van der Waals surface area contributed by atoms with Gasteiger partial charge in [-0.3, -0.25) is 4.79 Å². The van der Waals surface area contributed by atoms with Gasteiger partial charge in [0.2, 0.25) is 0 Å².